The molecule has 0 radical (unpaired) electrons. The number of hydrogen-bond donors (Lipinski definition) is 2. The number of aromatic nitrogens is 2. The first kappa shape index (κ1) is 18.1. The fourth-order valence-electron chi connectivity index (χ4n) is 2.34. The van der Waals surface area contributed by atoms with Crippen molar-refractivity contribution in [3.05, 3.63) is 53.7 Å². The van der Waals surface area contributed by atoms with Gasteiger partial charge in [-0.15, -0.1) is 0 Å². The van der Waals surface area contributed by atoms with Crippen molar-refractivity contribution >= 4 is 34.6 Å². The van der Waals surface area contributed by atoms with E-state index in [1.165, 1.54) is 23.2 Å². The lowest BCUT2D eigenvalue weighted by Crippen LogP contribution is -2.36. The molecule has 2 heterocycles. The molecular formula is C18H18N6O3. The molecule has 138 valence electrons. The van der Waals surface area contributed by atoms with Crippen molar-refractivity contribution < 1.29 is 14.0 Å². The van der Waals surface area contributed by atoms with Crippen LogP contribution in [0.1, 0.15) is 26.7 Å². The van der Waals surface area contributed by atoms with Crippen LogP contribution in [-0.4, -0.2) is 46.7 Å². The van der Waals surface area contributed by atoms with Crippen LogP contribution in [0.3, 0.4) is 0 Å². The van der Waals surface area contributed by atoms with Crippen LogP contribution in [0.5, 0.6) is 0 Å². The Hall–Kier alpha value is -3.75. The van der Waals surface area contributed by atoms with E-state index in [0.29, 0.717) is 22.7 Å². The zero-order chi connectivity index (χ0) is 19.6. The van der Waals surface area contributed by atoms with Gasteiger partial charge in [-0.05, 0) is 24.3 Å². The zero-order valence-corrected chi connectivity index (χ0v) is 15.1. The average Bonchev–Trinajstić information content (AvgIpc) is 3.00. The van der Waals surface area contributed by atoms with E-state index in [4.69, 9.17) is 10.2 Å². The lowest BCUT2D eigenvalue weighted by molar-refractivity contribution is 0.0821. The molecule has 3 rings (SSSR count). The standard InChI is InChI=1S/C18H18N6O3/c1-10-21-13-7-5-12(8-15(13)27-10)22-18(19)23-16(25)11-4-6-14(20-9-11)17(26)24(2)3/h4-9H,1-3H3,(H3,19,22,23,25). The quantitative estimate of drug-likeness (QED) is 0.535. The maximum absolute atomic E-state index is 12.2. The van der Waals surface area contributed by atoms with Crippen molar-refractivity contribution in [1.29, 1.82) is 0 Å². The van der Waals surface area contributed by atoms with Gasteiger partial charge in [-0.1, -0.05) is 0 Å². The number of nitrogens with zero attached hydrogens (tertiary/aromatic N) is 4. The average molecular weight is 366 g/mol. The molecule has 27 heavy (non-hydrogen) atoms. The predicted octanol–water partition coefficient (Wildman–Crippen LogP) is 1.61. The van der Waals surface area contributed by atoms with Crippen molar-refractivity contribution in [1.82, 2.24) is 20.2 Å². The van der Waals surface area contributed by atoms with Crippen LogP contribution >= 0.6 is 0 Å². The molecule has 0 saturated heterocycles. The molecule has 0 aliphatic carbocycles. The Morgan fingerprint density at radius 2 is 2.00 bits per heavy atom. The number of aliphatic imine (C=N–C) groups is 1. The van der Waals surface area contributed by atoms with Gasteiger partial charge in [0.05, 0.1) is 11.3 Å². The number of guanidine groups is 1. The van der Waals surface area contributed by atoms with Crippen LogP contribution in [0.2, 0.25) is 0 Å². The molecular weight excluding hydrogens is 348 g/mol. The highest BCUT2D eigenvalue weighted by molar-refractivity contribution is 6.06. The molecule has 0 saturated carbocycles. The molecule has 3 aromatic rings. The van der Waals surface area contributed by atoms with E-state index in [-0.39, 0.29) is 23.1 Å². The monoisotopic (exact) mass is 366 g/mol. The predicted molar refractivity (Wildman–Crippen MR) is 99.7 cm³/mol. The van der Waals surface area contributed by atoms with Crippen molar-refractivity contribution in [2.24, 2.45) is 10.7 Å². The largest absolute Gasteiger partial charge is 0.441 e. The topological polar surface area (TPSA) is 127 Å². The van der Waals surface area contributed by atoms with Crippen LogP contribution in [-0.2, 0) is 0 Å². The maximum atomic E-state index is 12.2. The number of hydrogen-bond acceptors (Lipinski definition) is 6. The number of aryl methyl sites for hydroxylation is 1. The summed E-state index contributed by atoms with van der Waals surface area (Å²) in [5, 5.41) is 2.48. The third-order valence-electron chi connectivity index (χ3n) is 3.62. The van der Waals surface area contributed by atoms with E-state index < -0.39 is 5.91 Å². The SMILES string of the molecule is Cc1nc2ccc(N=C(N)NC(=O)c3ccc(C(=O)N(C)C)nc3)cc2o1. The highest BCUT2D eigenvalue weighted by Crippen LogP contribution is 2.21. The minimum Gasteiger partial charge on any atom is -0.441 e. The Morgan fingerprint density at radius 3 is 2.67 bits per heavy atom. The summed E-state index contributed by atoms with van der Waals surface area (Å²) in [6.45, 7) is 1.75. The third-order valence-corrected chi connectivity index (χ3v) is 3.62. The van der Waals surface area contributed by atoms with Crippen molar-refractivity contribution in [3.63, 3.8) is 0 Å². The molecule has 2 aromatic heterocycles. The van der Waals surface area contributed by atoms with Gasteiger partial charge in [-0.25, -0.2) is 9.98 Å². The van der Waals surface area contributed by atoms with Crippen LogP contribution in [0.4, 0.5) is 5.69 Å². The number of fused-ring (bicyclic) bond motifs is 1. The highest BCUT2D eigenvalue weighted by Gasteiger charge is 2.12. The number of pyridine rings is 1. The fourth-order valence-corrected chi connectivity index (χ4v) is 2.34. The zero-order valence-electron chi connectivity index (χ0n) is 15.1. The smallest absolute Gasteiger partial charge is 0.271 e. The molecule has 0 atom stereocenters. The van der Waals surface area contributed by atoms with Crippen molar-refractivity contribution in [2.45, 2.75) is 6.92 Å². The molecule has 3 N–H and O–H groups in total. The van der Waals surface area contributed by atoms with E-state index >= 15 is 0 Å². The summed E-state index contributed by atoms with van der Waals surface area (Å²) < 4.78 is 5.44. The van der Waals surface area contributed by atoms with Crippen LogP contribution < -0.4 is 11.1 Å². The van der Waals surface area contributed by atoms with Gasteiger partial charge in [0.25, 0.3) is 11.8 Å². The number of rotatable bonds is 3. The van der Waals surface area contributed by atoms with E-state index in [1.807, 2.05) is 0 Å². The van der Waals surface area contributed by atoms with Gasteiger partial charge in [-0.2, -0.15) is 0 Å². The lowest BCUT2D eigenvalue weighted by atomic mass is 10.2. The Labute approximate surface area is 154 Å². The number of oxazole rings is 1. The molecule has 0 bridgehead atoms. The van der Waals surface area contributed by atoms with Crippen LogP contribution in [0, 0.1) is 6.92 Å². The van der Waals surface area contributed by atoms with Gasteiger partial charge < -0.3 is 15.1 Å². The second kappa shape index (κ2) is 7.24. The minimum absolute atomic E-state index is 0.0796. The summed E-state index contributed by atoms with van der Waals surface area (Å²) in [7, 11) is 3.25. The number of carbonyl (C=O) groups excluding carboxylic acids is 2. The Morgan fingerprint density at radius 1 is 1.22 bits per heavy atom. The van der Waals surface area contributed by atoms with Crippen LogP contribution in [0.25, 0.3) is 11.1 Å². The Balaban J connectivity index is 1.72. The highest BCUT2D eigenvalue weighted by atomic mass is 16.3. The lowest BCUT2D eigenvalue weighted by Gasteiger charge is -2.09. The number of carbonyl (C=O) groups is 2. The Kier molecular flexibility index (Phi) is 4.84. The number of nitrogens with two attached hydrogens (primary N) is 1. The third kappa shape index (κ3) is 4.09. The summed E-state index contributed by atoms with van der Waals surface area (Å²) in [5.74, 6) is -0.259. The summed E-state index contributed by atoms with van der Waals surface area (Å²) in [6, 6.07) is 8.12. The Bertz CT molecular complexity index is 1040. The molecule has 0 fully saturated rings. The molecule has 1 aromatic carbocycles. The van der Waals surface area contributed by atoms with Crippen molar-refractivity contribution in [2.75, 3.05) is 14.1 Å². The number of amides is 2. The molecule has 0 aliphatic rings. The summed E-state index contributed by atoms with van der Waals surface area (Å²) >= 11 is 0. The number of benzene rings is 1. The first-order valence-electron chi connectivity index (χ1n) is 8.04. The maximum Gasteiger partial charge on any atom is 0.271 e. The minimum atomic E-state index is -0.482. The second-order valence-electron chi connectivity index (χ2n) is 5.97. The summed E-state index contributed by atoms with van der Waals surface area (Å²) in [6.07, 6.45) is 1.31. The van der Waals surface area contributed by atoms with E-state index in [1.54, 1.807) is 39.2 Å². The molecule has 9 heteroatoms. The first-order chi connectivity index (χ1) is 12.8. The molecule has 0 spiro atoms. The summed E-state index contributed by atoms with van der Waals surface area (Å²) in [5.41, 5.74) is 8.11. The summed E-state index contributed by atoms with van der Waals surface area (Å²) in [4.78, 5) is 37.8. The van der Waals surface area contributed by atoms with E-state index in [9.17, 15) is 9.59 Å². The van der Waals surface area contributed by atoms with E-state index in [2.05, 4.69) is 20.3 Å². The molecule has 0 aliphatic heterocycles. The fraction of sp³-hybridized carbons (Fsp3) is 0.167. The molecule has 9 nitrogen and oxygen atoms in total. The first-order valence-corrected chi connectivity index (χ1v) is 8.04. The van der Waals surface area contributed by atoms with Gasteiger partial charge >= 0.3 is 0 Å². The van der Waals surface area contributed by atoms with E-state index in [0.717, 1.165) is 0 Å². The molecule has 0 unspecified atom stereocenters. The van der Waals surface area contributed by atoms with Gasteiger partial charge in [0.15, 0.2) is 11.5 Å². The number of nitrogens with one attached hydrogen (secondary N) is 1. The van der Waals surface area contributed by atoms with Crippen molar-refractivity contribution in [3.8, 4) is 0 Å². The normalized spacial score (nSPS) is 11.4. The van der Waals surface area contributed by atoms with Gasteiger partial charge in [0.2, 0.25) is 5.96 Å². The van der Waals surface area contributed by atoms with Crippen LogP contribution in [0.15, 0.2) is 45.9 Å². The second-order valence-corrected chi connectivity index (χ2v) is 5.97. The van der Waals surface area contributed by atoms with Gasteiger partial charge in [0.1, 0.15) is 11.2 Å². The van der Waals surface area contributed by atoms with Gasteiger partial charge in [0, 0.05) is 33.3 Å². The molecule has 2 amide bonds. The van der Waals surface area contributed by atoms with Gasteiger partial charge in [-0.3, -0.25) is 19.9 Å².